The number of hydrogen-bond acceptors (Lipinski definition) is 4. The van der Waals surface area contributed by atoms with Gasteiger partial charge in [0.15, 0.2) is 5.96 Å². The largest absolute Gasteiger partial charge is 0.466 e. The Kier molecular flexibility index (Phi) is 8.10. The van der Waals surface area contributed by atoms with Crippen LogP contribution in [0.3, 0.4) is 0 Å². The summed E-state index contributed by atoms with van der Waals surface area (Å²) in [7, 11) is 0. The number of guanidine groups is 1. The Hall–Kier alpha value is -1.55. The van der Waals surface area contributed by atoms with Crippen molar-refractivity contribution in [1.29, 1.82) is 0 Å². The lowest BCUT2D eigenvalue weighted by atomic mass is 10.0. The van der Waals surface area contributed by atoms with Crippen LogP contribution < -0.4 is 10.6 Å². The van der Waals surface area contributed by atoms with Crippen LogP contribution in [-0.2, 0) is 12.1 Å². The van der Waals surface area contributed by atoms with E-state index in [2.05, 4.69) is 20.6 Å². The minimum absolute atomic E-state index is 0. The molecule has 0 radical (unpaired) electrons. The van der Waals surface area contributed by atoms with Gasteiger partial charge in [-0.1, -0.05) is 0 Å². The van der Waals surface area contributed by atoms with Gasteiger partial charge in [0.25, 0.3) is 0 Å². The highest BCUT2D eigenvalue weighted by atomic mass is 127. The molecule has 2 aromatic heterocycles. The summed E-state index contributed by atoms with van der Waals surface area (Å²) in [5, 5.41) is 16.8. The molecule has 2 aromatic rings. The standard InChI is InChI=1S/C15H23N5O2.HI/c1-3-17-14(18-7-9-20-8-6-16-12-20)19-11-15(2,21)13-5-4-10-22-13;/h4-6,8,10,12,21H,3,7,9,11H2,1-2H3,(H2,17,18,19);1H. The fourth-order valence-electron chi connectivity index (χ4n) is 1.96. The average Bonchev–Trinajstić information content (AvgIpc) is 3.18. The van der Waals surface area contributed by atoms with Crippen LogP contribution >= 0.6 is 24.0 Å². The van der Waals surface area contributed by atoms with Gasteiger partial charge in [0.05, 0.1) is 19.1 Å². The molecule has 1 unspecified atom stereocenters. The van der Waals surface area contributed by atoms with Gasteiger partial charge < -0.3 is 24.7 Å². The van der Waals surface area contributed by atoms with E-state index in [-0.39, 0.29) is 30.5 Å². The highest BCUT2D eigenvalue weighted by Crippen LogP contribution is 2.20. The first-order valence-electron chi connectivity index (χ1n) is 7.36. The molecule has 0 bridgehead atoms. The lowest BCUT2D eigenvalue weighted by molar-refractivity contribution is 0.0437. The Balaban J connectivity index is 0.00000264. The molecule has 1 atom stereocenters. The topological polar surface area (TPSA) is 87.6 Å². The maximum atomic E-state index is 10.4. The highest BCUT2D eigenvalue weighted by Gasteiger charge is 2.25. The normalized spacial score (nSPS) is 14.0. The van der Waals surface area contributed by atoms with Gasteiger partial charge in [0.1, 0.15) is 11.4 Å². The van der Waals surface area contributed by atoms with Crippen LogP contribution in [0.15, 0.2) is 46.5 Å². The molecule has 2 rings (SSSR count). The number of furan rings is 1. The van der Waals surface area contributed by atoms with Crippen molar-refractivity contribution in [3.8, 4) is 0 Å². The van der Waals surface area contributed by atoms with Gasteiger partial charge in [-0.05, 0) is 26.0 Å². The number of halogens is 1. The second-order valence-electron chi connectivity index (χ2n) is 5.17. The Morgan fingerprint density at radius 1 is 1.48 bits per heavy atom. The quantitative estimate of drug-likeness (QED) is 0.351. The number of aliphatic hydroxyl groups is 1. The Labute approximate surface area is 153 Å². The number of rotatable bonds is 7. The van der Waals surface area contributed by atoms with E-state index in [1.807, 2.05) is 17.7 Å². The van der Waals surface area contributed by atoms with Crippen LogP contribution in [0.25, 0.3) is 0 Å². The molecular weight excluding hydrogens is 409 g/mol. The zero-order valence-corrected chi connectivity index (χ0v) is 15.7. The molecule has 0 saturated heterocycles. The Bertz CT molecular complexity index is 567. The fourth-order valence-corrected chi connectivity index (χ4v) is 1.96. The van der Waals surface area contributed by atoms with Gasteiger partial charge >= 0.3 is 0 Å². The van der Waals surface area contributed by atoms with Gasteiger partial charge in [0, 0.05) is 32.0 Å². The molecule has 0 aliphatic heterocycles. The summed E-state index contributed by atoms with van der Waals surface area (Å²) >= 11 is 0. The minimum Gasteiger partial charge on any atom is -0.466 e. The predicted octanol–water partition coefficient (Wildman–Crippen LogP) is 1.56. The summed E-state index contributed by atoms with van der Waals surface area (Å²) in [6.07, 6.45) is 6.98. The van der Waals surface area contributed by atoms with Crippen molar-refractivity contribution in [2.24, 2.45) is 4.99 Å². The summed E-state index contributed by atoms with van der Waals surface area (Å²) < 4.78 is 7.23. The number of nitrogens with zero attached hydrogens (tertiary/aromatic N) is 3. The minimum atomic E-state index is -1.13. The van der Waals surface area contributed by atoms with Crippen molar-refractivity contribution in [2.75, 3.05) is 19.6 Å². The van der Waals surface area contributed by atoms with E-state index >= 15 is 0 Å². The van der Waals surface area contributed by atoms with Gasteiger partial charge in [-0.2, -0.15) is 0 Å². The number of aromatic nitrogens is 2. The van der Waals surface area contributed by atoms with E-state index in [1.54, 1.807) is 37.8 Å². The Morgan fingerprint density at radius 3 is 2.91 bits per heavy atom. The lowest BCUT2D eigenvalue weighted by Gasteiger charge is -2.19. The van der Waals surface area contributed by atoms with E-state index in [0.717, 1.165) is 13.1 Å². The van der Waals surface area contributed by atoms with Crippen molar-refractivity contribution in [3.05, 3.63) is 42.9 Å². The van der Waals surface area contributed by atoms with Crippen molar-refractivity contribution in [2.45, 2.75) is 26.0 Å². The smallest absolute Gasteiger partial charge is 0.191 e. The number of imidazole rings is 1. The number of hydrogen-bond donors (Lipinski definition) is 3. The fraction of sp³-hybridized carbons (Fsp3) is 0.467. The zero-order chi connectivity index (χ0) is 15.8. The first kappa shape index (κ1) is 19.5. The summed E-state index contributed by atoms with van der Waals surface area (Å²) in [6.45, 7) is 6.15. The second-order valence-corrected chi connectivity index (χ2v) is 5.17. The van der Waals surface area contributed by atoms with Crippen molar-refractivity contribution >= 4 is 29.9 Å². The molecule has 0 aliphatic carbocycles. The third-order valence-corrected chi connectivity index (χ3v) is 3.16. The maximum absolute atomic E-state index is 10.4. The molecule has 0 aliphatic rings. The molecular formula is C15H24IN5O2. The molecule has 3 N–H and O–H groups in total. The molecule has 0 fully saturated rings. The second kappa shape index (κ2) is 9.56. The third kappa shape index (κ3) is 6.22. The molecule has 0 amide bonds. The summed E-state index contributed by atoms with van der Waals surface area (Å²) in [6, 6.07) is 3.50. The summed E-state index contributed by atoms with van der Waals surface area (Å²) in [4.78, 5) is 8.42. The molecule has 128 valence electrons. The van der Waals surface area contributed by atoms with Crippen LogP contribution in [0.4, 0.5) is 0 Å². The van der Waals surface area contributed by atoms with Crippen LogP contribution in [0, 0.1) is 0 Å². The predicted molar refractivity (Wildman–Crippen MR) is 99.9 cm³/mol. The highest BCUT2D eigenvalue weighted by molar-refractivity contribution is 14.0. The summed E-state index contributed by atoms with van der Waals surface area (Å²) in [5.74, 6) is 1.17. The van der Waals surface area contributed by atoms with Crippen LogP contribution in [0.2, 0.25) is 0 Å². The molecule has 0 aromatic carbocycles. The molecule has 7 nitrogen and oxygen atoms in total. The van der Waals surface area contributed by atoms with Crippen LogP contribution in [-0.4, -0.2) is 40.3 Å². The first-order chi connectivity index (χ1) is 10.6. The molecule has 8 heteroatoms. The van der Waals surface area contributed by atoms with Crippen LogP contribution in [0.5, 0.6) is 0 Å². The monoisotopic (exact) mass is 433 g/mol. The average molecular weight is 433 g/mol. The number of aliphatic imine (C=N–C) groups is 1. The Morgan fingerprint density at radius 2 is 2.30 bits per heavy atom. The zero-order valence-electron chi connectivity index (χ0n) is 13.4. The van der Waals surface area contributed by atoms with E-state index in [1.165, 1.54) is 0 Å². The van der Waals surface area contributed by atoms with E-state index in [4.69, 9.17) is 4.42 Å². The molecule has 0 saturated carbocycles. The van der Waals surface area contributed by atoms with E-state index in [0.29, 0.717) is 18.3 Å². The van der Waals surface area contributed by atoms with E-state index in [9.17, 15) is 5.11 Å². The lowest BCUT2D eigenvalue weighted by Crippen LogP contribution is -2.40. The van der Waals surface area contributed by atoms with E-state index < -0.39 is 5.60 Å². The van der Waals surface area contributed by atoms with Gasteiger partial charge in [-0.3, -0.25) is 0 Å². The van der Waals surface area contributed by atoms with Crippen molar-refractivity contribution in [1.82, 2.24) is 20.2 Å². The van der Waals surface area contributed by atoms with Crippen molar-refractivity contribution in [3.63, 3.8) is 0 Å². The maximum Gasteiger partial charge on any atom is 0.191 e. The van der Waals surface area contributed by atoms with Gasteiger partial charge in [-0.25, -0.2) is 9.98 Å². The van der Waals surface area contributed by atoms with Gasteiger partial charge in [-0.15, -0.1) is 24.0 Å². The van der Waals surface area contributed by atoms with Crippen molar-refractivity contribution < 1.29 is 9.52 Å². The number of nitrogens with one attached hydrogen (secondary N) is 2. The van der Waals surface area contributed by atoms with Crippen LogP contribution in [0.1, 0.15) is 19.6 Å². The first-order valence-corrected chi connectivity index (χ1v) is 7.36. The SMILES string of the molecule is CCNC(=NCC(C)(O)c1ccco1)NCCn1ccnc1.I. The van der Waals surface area contributed by atoms with Gasteiger partial charge in [0.2, 0.25) is 0 Å². The molecule has 2 heterocycles. The molecule has 23 heavy (non-hydrogen) atoms. The third-order valence-electron chi connectivity index (χ3n) is 3.16. The molecule has 0 spiro atoms. The summed E-state index contributed by atoms with van der Waals surface area (Å²) in [5.41, 5.74) is -1.13.